The Hall–Kier alpha value is -1.15. The van der Waals surface area contributed by atoms with Gasteiger partial charge in [-0.05, 0) is 26.0 Å². The molecule has 128 valence electrons. The van der Waals surface area contributed by atoms with Crippen LogP contribution in [0.15, 0.2) is 12.1 Å². The zero-order valence-electron chi connectivity index (χ0n) is 13.5. The second kappa shape index (κ2) is 8.63. The number of hydrogen-bond acceptors (Lipinski definition) is 5. The molecule has 6 nitrogen and oxygen atoms in total. The van der Waals surface area contributed by atoms with Crippen LogP contribution in [0.3, 0.4) is 0 Å². The molecule has 1 aromatic heterocycles. The molecule has 0 saturated carbocycles. The lowest BCUT2D eigenvalue weighted by Crippen LogP contribution is -2.51. The molecule has 1 fully saturated rings. The number of hydrogen-bond donors (Lipinski definition) is 2. The lowest BCUT2D eigenvalue weighted by atomic mass is 10.3. The second-order valence-corrected chi connectivity index (χ2v) is 7.73. The zero-order valence-corrected chi connectivity index (χ0v) is 15.0. The smallest absolute Gasteiger partial charge is 0.321 e. The van der Waals surface area contributed by atoms with Crippen molar-refractivity contribution < 1.29 is 9.59 Å². The molecule has 0 aliphatic carbocycles. The average molecular weight is 359 g/mol. The van der Waals surface area contributed by atoms with Crippen LogP contribution in [-0.2, 0) is 11.3 Å². The first kappa shape index (κ1) is 18.2. The summed E-state index contributed by atoms with van der Waals surface area (Å²) in [5, 5.41) is 5.00. The maximum absolute atomic E-state index is 11.8. The third-order valence-electron chi connectivity index (χ3n) is 3.51. The van der Waals surface area contributed by atoms with E-state index in [9.17, 15) is 9.59 Å². The first-order valence-corrected chi connectivity index (χ1v) is 8.91. The Labute approximate surface area is 145 Å². The van der Waals surface area contributed by atoms with Gasteiger partial charge in [-0.2, -0.15) is 0 Å². The minimum atomic E-state index is -0.432. The standard InChI is InChI=1S/C15H23ClN4O2S/c1-11(2)17-15(22)18-14(21)10-20-7-5-19(6-8-20)9-12-3-4-13(16)23-12/h3-4,11H,5-10H2,1-2H3,(H2,17,18,21,22). The van der Waals surface area contributed by atoms with Crippen molar-refractivity contribution in [2.75, 3.05) is 32.7 Å². The topological polar surface area (TPSA) is 64.7 Å². The van der Waals surface area contributed by atoms with Gasteiger partial charge in [0.05, 0.1) is 10.9 Å². The fraction of sp³-hybridized carbons (Fsp3) is 0.600. The minimum absolute atomic E-state index is 0.0112. The summed E-state index contributed by atoms with van der Waals surface area (Å²) in [4.78, 5) is 29.0. The number of halogens is 1. The molecular formula is C15H23ClN4O2S. The van der Waals surface area contributed by atoms with Gasteiger partial charge in [-0.25, -0.2) is 4.79 Å². The minimum Gasteiger partial charge on any atom is -0.336 e. The molecule has 1 aliphatic rings. The molecule has 0 aromatic carbocycles. The van der Waals surface area contributed by atoms with Crippen LogP contribution in [0, 0.1) is 0 Å². The number of piperazine rings is 1. The van der Waals surface area contributed by atoms with E-state index >= 15 is 0 Å². The summed E-state index contributed by atoms with van der Waals surface area (Å²) >= 11 is 7.55. The van der Waals surface area contributed by atoms with E-state index in [0.29, 0.717) is 0 Å². The Balaban J connectivity index is 1.68. The number of nitrogens with one attached hydrogen (secondary N) is 2. The van der Waals surface area contributed by atoms with E-state index in [1.54, 1.807) is 11.3 Å². The van der Waals surface area contributed by atoms with Crippen molar-refractivity contribution in [3.8, 4) is 0 Å². The predicted octanol–water partition coefficient (Wildman–Crippen LogP) is 1.75. The summed E-state index contributed by atoms with van der Waals surface area (Å²) in [6.07, 6.45) is 0. The third-order valence-corrected chi connectivity index (χ3v) is 4.73. The van der Waals surface area contributed by atoms with E-state index in [4.69, 9.17) is 11.6 Å². The van der Waals surface area contributed by atoms with Crippen molar-refractivity contribution >= 4 is 34.9 Å². The monoisotopic (exact) mass is 358 g/mol. The highest BCUT2D eigenvalue weighted by Gasteiger charge is 2.20. The Morgan fingerprint density at radius 3 is 2.43 bits per heavy atom. The number of nitrogens with zero attached hydrogens (tertiary/aromatic N) is 2. The zero-order chi connectivity index (χ0) is 16.8. The van der Waals surface area contributed by atoms with Crippen LogP contribution in [0.4, 0.5) is 4.79 Å². The predicted molar refractivity (Wildman–Crippen MR) is 92.9 cm³/mol. The fourth-order valence-corrected chi connectivity index (χ4v) is 3.56. The van der Waals surface area contributed by atoms with Crippen LogP contribution in [0.1, 0.15) is 18.7 Å². The molecule has 8 heteroatoms. The summed E-state index contributed by atoms with van der Waals surface area (Å²) in [6.45, 7) is 8.30. The molecule has 0 radical (unpaired) electrons. The van der Waals surface area contributed by atoms with Gasteiger partial charge in [-0.15, -0.1) is 11.3 Å². The SMILES string of the molecule is CC(C)NC(=O)NC(=O)CN1CCN(Cc2ccc(Cl)s2)CC1. The maximum Gasteiger partial charge on any atom is 0.321 e. The molecule has 0 unspecified atom stereocenters. The summed E-state index contributed by atoms with van der Waals surface area (Å²) in [6, 6.07) is 3.56. The van der Waals surface area contributed by atoms with Crippen LogP contribution in [-0.4, -0.2) is 60.5 Å². The van der Waals surface area contributed by atoms with Crippen molar-refractivity contribution in [2.45, 2.75) is 26.4 Å². The molecule has 1 aromatic rings. The van der Waals surface area contributed by atoms with E-state index < -0.39 is 6.03 Å². The van der Waals surface area contributed by atoms with Gasteiger partial charge in [0, 0.05) is 43.6 Å². The Bertz CT molecular complexity index is 541. The molecule has 2 N–H and O–H groups in total. The summed E-state index contributed by atoms with van der Waals surface area (Å²) < 4.78 is 0.815. The Morgan fingerprint density at radius 2 is 1.87 bits per heavy atom. The fourth-order valence-electron chi connectivity index (χ4n) is 2.43. The quantitative estimate of drug-likeness (QED) is 0.841. The summed E-state index contributed by atoms with van der Waals surface area (Å²) in [5.74, 6) is -0.262. The first-order valence-electron chi connectivity index (χ1n) is 7.71. The van der Waals surface area contributed by atoms with Crippen molar-refractivity contribution in [3.05, 3.63) is 21.3 Å². The van der Waals surface area contributed by atoms with E-state index in [1.807, 2.05) is 19.9 Å². The van der Waals surface area contributed by atoms with Gasteiger partial charge in [0.2, 0.25) is 5.91 Å². The second-order valence-electron chi connectivity index (χ2n) is 5.93. The molecule has 23 heavy (non-hydrogen) atoms. The number of rotatable bonds is 5. The molecule has 1 aliphatic heterocycles. The van der Waals surface area contributed by atoms with Gasteiger partial charge in [-0.1, -0.05) is 11.6 Å². The van der Waals surface area contributed by atoms with Crippen molar-refractivity contribution in [1.82, 2.24) is 20.4 Å². The highest BCUT2D eigenvalue weighted by molar-refractivity contribution is 7.16. The first-order chi connectivity index (χ1) is 10.9. The van der Waals surface area contributed by atoms with Gasteiger partial charge in [0.25, 0.3) is 0 Å². The molecule has 0 atom stereocenters. The van der Waals surface area contributed by atoms with Gasteiger partial charge >= 0.3 is 6.03 Å². The molecule has 0 bridgehead atoms. The third kappa shape index (κ3) is 6.47. The van der Waals surface area contributed by atoms with Crippen LogP contribution in [0.5, 0.6) is 0 Å². The number of imide groups is 1. The normalized spacial score (nSPS) is 16.5. The van der Waals surface area contributed by atoms with Crippen LogP contribution < -0.4 is 10.6 Å². The number of carbonyl (C=O) groups is 2. The molecule has 1 saturated heterocycles. The number of thiophene rings is 1. The van der Waals surface area contributed by atoms with Gasteiger partial charge in [-0.3, -0.25) is 19.9 Å². The van der Waals surface area contributed by atoms with Crippen molar-refractivity contribution in [2.24, 2.45) is 0 Å². The van der Waals surface area contributed by atoms with E-state index in [2.05, 4.69) is 26.5 Å². The summed E-state index contributed by atoms with van der Waals surface area (Å²) in [5.41, 5.74) is 0. The molecule has 3 amide bonds. The number of urea groups is 1. The average Bonchev–Trinajstić information content (AvgIpc) is 2.85. The molecular weight excluding hydrogens is 336 g/mol. The van der Waals surface area contributed by atoms with Crippen molar-refractivity contribution in [3.63, 3.8) is 0 Å². The van der Waals surface area contributed by atoms with Crippen molar-refractivity contribution in [1.29, 1.82) is 0 Å². The maximum atomic E-state index is 11.8. The summed E-state index contributed by atoms with van der Waals surface area (Å²) in [7, 11) is 0. The number of amides is 3. The molecule has 2 rings (SSSR count). The lowest BCUT2D eigenvalue weighted by Gasteiger charge is -2.33. The van der Waals surface area contributed by atoms with E-state index in [0.717, 1.165) is 37.1 Å². The van der Waals surface area contributed by atoms with E-state index in [-0.39, 0.29) is 18.5 Å². The van der Waals surface area contributed by atoms with Crippen LogP contribution in [0.2, 0.25) is 4.34 Å². The van der Waals surface area contributed by atoms with Crippen LogP contribution >= 0.6 is 22.9 Å². The van der Waals surface area contributed by atoms with Crippen LogP contribution in [0.25, 0.3) is 0 Å². The number of carbonyl (C=O) groups excluding carboxylic acids is 2. The van der Waals surface area contributed by atoms with E-state index in [1.165, 1.54) is 4.88 Å². The van der Waals surface area contributed by atoms with Gasteiger partial charge in [0.15, 0.2) is 0 Å². The van der Waals surface area contributed by atoms with Gasteiger partial charge in [0.1, 0.15) is 0 Å². The molecule has 2 heterocycles. The molecule has 0 spiro atoms. The highest BCUT2D eigenvalue weighted by atomic mass is 35.5. The largest absolute Gasteiger partial charge is 0.336 e. The van der Waals surface area contributed by atoms with Gasteiger partial charge < -0.3 is 5.32 Å². The Morgan fingerprint density at radius 1 is 1.22 bits per heavy atom. The lowest BCUT2D eigenvalue weighted by molar-refractivity contribution is -0.121. The Kier molecular flexibility index (Phi) is 6.83. The highest BCUT2D eigenvalue weighted by Crippen LogP contribution is 2.23.